The molecule has 4 rings (SSSR count). The van der Waals surface area contributed by atoms with Gasteiger partial charge in [0, 0.05) is 38.5 Å². The lowest BCUT2D eigenvalue weighted by Crippen LogP contribution is -2.58. The normalized spacial score (nSPS) is 20.9. The molecule has 2 aliphatic rings. The van der Waals surface area contributed by atoms with Crippen LogP contribution >= 0.6 is 0 Å². The van der Waals surface area contributed by atoms with Crippen LogP contribution in [0.25, 0.3) is 11.1 Å². The van der Waals surface area contributed by atoms with Crippen LogP contribution in [0.2, 0.25) is 0 Å². The third-order valence-electron chi connectivity index (χ3n) is 6.41. The number of hydrogen-bond acceptors (Lipinski definition) is 3. The zero-order valence-corrected chi connectivity index (χ0v) is 18.3. The number of amides is 2. The number of allylic oxidation sites excluding steroid dienone is 2. The topological polar surface area (TPSA) is 49.9 Å². The molecule has 0 aromatic heterocycles. The van der Waals surface area contributed by atoms with E-state index in [9.17, 15) is 9.59 Å². The fourth-order valence-electron chi connectivity index (χ4n) is 4.65. The summed E-state index contributed by atoms with van der Waals surface area (Å²) >= 11 is 0. The first kappa shape index (κ1) is 21.2. The van der Waals surface area contributed by atoms with E-state index in [0.29, 0.717) is 31.8 Å². The average Bonchev–Trinajstić information content (AvgIpc) is 3.30. The molecule has 1 fully saturated rings. The minimum atomic E-state index is -0.479. The zero-order chi connectivity index (χ0) is 21.8. The zero-order valence-electron chi connectivity index (χ0n) is 18.3. The Labute approximate surface area is 184 Å². The first-order valence-corrected chi connectivity index (χ1v) is 11.0. The maximum atomic E-state index is 13.2. The Morgan fingerprint density at radius 3 is 2.55 bits per heavy atom. The molecule has 1 saturated heterocycles. The number of likely N-dealkylation sites (N-methyl/N-ethyl adjacent to an activating group) is 1. The molecule has 2 atom stereocenters. The van der Waals surface area contributed by atoms with Crippen LogP contribution in [0.15, 0.2) is 60.7 Å². The molecule has 0 spiro atoms. The van der Waals surface area contributed by atoms with Crippen molar-refractivity contribution < 1.29 is 14.3 Å². The Kier molecular flexibility index (Phi) is 6.40. The number of rotatable bonds is 6. The van der Waals surface area contributed by atoms with Gasteiger partial charge >= 0.3 is 0 Å². The van der Waals surface area contributed by atoms with E-state index in [4.69, 9.17) is 4.74 Å². The highest BCUT2D eigenvalue weighted by Crippen LogP contribution is 2.33. The standard InChI is InChI=1S/C26H30N2O3/c1-27-15-16-28(25(29)17-19-9-3-4-10-19)23(26(27)30)18-20-11-5-6-12-21(20)22-13-7-8-14-24(22)31-2/h3,5-9,11-14,19,23H,4,10,15-18H2,1-2H3/t19-,23+/m0/s1. The Morgan fingerprint density at radius 1 is 1.06 bits per heavy atom. The number of piperazine rings is 1. The lowest BCUT2D eigenvalue weighted by Gasteiger charge is -2.40. The Morgan fingerprint density at radius 2 is 1.81 bits per heavy atom. The monoisotopic (exact) mass is 418 g/mol. The minimum absolute atomic E-state index is 0.0105. The van der Waals surface area contributed by atoms with Gasteiger partial charge in [-0.05, 0) is 36.0 Å². The Bertz CT molecular complexity index is 984. The molecule has 0 N–H and O–H groups in total. The molecule has 0 saturated carbocycles. The molecular weight excluding hydrogens is 388 g/mol. The van der Waals surface area contributed by atoms with Crippen LogP contribution in [0.4, 0.5) is 0 Å². The van der Waals surface area contributed by atoms with Crippen molar-refractivity contribution in [2.45, 2.75) is 31.7 Å². The van der Waals surface area contributed by atoms with Gasteiger partial charge in [-0.25, -0.2) is 0 Å². The third-order valence-corrected chi connectivity index (χ3v) is 6.41. The van der Waals surface area contributed by atoms with Crippen molar-refractivity contribution in [3.63, 3.8) is 0 Å². The summed E-state index contributed by atoms with van der Waals surface area (Å²) in [4.78, 5) is 29.9. The number of methoxy groups -OCH3 is 1. The summed E-state index contributed by atoms with van der Waals surface area (Å²) in [6, 6.07) is 15.5. The number of ether oxygens (including phenoxy) is 1. The fourth-order valence-corrected chi connectivity index (χ4v) is 4.65. The van der Waals surface area contributed by atoms with Gasteiger partial charge in [-0.3, -0.25) is 9.59 Å². The molecule has 0 bridgehead atoms. The first-order valence-electron chi connectivity index (χ1n) is 11.0. The SMILES string of the molecule is COc1ccccc1-c1ccccc1C[C@@H]1C(=O)N(C)CCN1C(=O)C[C@H]1C=CCC1. The predicted molar refractivity (Wildman–Crippen MR) is 122 cm³/mol. The van der Waals surface area contributed by atoms with Gasteiger partial charge in [0.15, 0.2) is 0 Å². The van der Waals surface area contributed by atoms with E-state index < -0.39 is 6.04 Å². The Balaban J connectivity index is 1.63. The predicted octanol–water partition coefficient (Wildman–Crippen LogP) is 3.93. The maximum Gasteiger partial charge on any atom is 0.245 e. The molecular formula is C26H30N2O3. The molecule has 2 amide bonds. The maximum absolute atomic E-state index is 13.2. The van der Waals surface area contributed by atoms with Crippen LogP contribution in [0, 0.1) is 5.92 Å². The van der Waals surface area contributed by atoms with Gasteiger partial charge in [-0.2, -0.15) is 0 Å². The molecule has 2 aromatic carbocycles. The lowest BCUT2D eigenvalue weighted by atomic mass is 9.92. The molecule has 1 heterocycles. The van der Waals surface area contributed by atoms with Crippen LogP contribution in [-0.4, -0.2) is 54.9 Å². The number of benzene rings is 2. The molecule has 1 aliphatic heterocycles. The molecule has 5 heteroatoms. The van der Waals surface area contributed by atoms with Crippen LogP contribution in [0.1, 0.15) is 24.8 Å². The van der Waals surface area contributed by atoms with Gasteiger partial charge in [-0.15, -0.1) is 0 Å². The van der Waals surface area contributed by atoms with E-state index in [1.165, 1.54) is 0 Å². The number of carbonyl (C=O) groups excluding carboxylic acids is 2. The van der Waals surface area contributed by atoms with Gasteiger partial charge < -0.3 is 14.5 Å². The van der Waals surface area contributed by atoms with Gasteiger partial charge in [0.25, 0.3) is 0 Å². The van der Waals surface area contributed by atoms with Crippen molar-refractivity contribution >= 4 is 11.8 Å². The van der Waals surface area contributed by atoms with Crippen molar-refractivity contribution in [1.29, 1.82) is 0 Å². The van der Waals surface area contributed by atoms with Crippen LogP contribution in [0.3, 0.4) is 0 Å². The van der Waals surface area contributed by atoms with Crippen molar-refractivity contribution in [2.24, 2.45) is 5.92 Å². The first-order chi connectivity index (χ1) is 15.1. The van der Waals surface area contributed by atoms with Crippen LogP contribution < -0.4 is 4.74 Å². The fraction of sp³-hybridized carbons (Fsp3) is 0.385. The molecule has 5 nitrogen and oxygen atoms in total. The summed E-state index contributed by atoms with van der Waals surface area (Å²) in [5.74, 6) is 1.18. The quantitative estimate of drug-likeness (QED) is 0.668. The van der Waals surface area contributed by atoms with Crippen LogP contribution in [-0.2, 0) is 16.0 Å². The second-order valence-electron chi connectivity index (χ2n) is 8.39. The smallest absolute Gasteiger partial charge is 0.245 e. The van der Waals surface area contributed by atoms with Gasteiger partial charge in [-0.1, -0.05) is 54.6 Å². The van der Waals surface area contributed by atoms with Crippen LogP contribution in [0.5, 0.6) is 5.75 Å². The highest BCUT2D eigenvalue weighted by atomic mass is 16.5. The van der Waals surface area contributed by atoms with Gasteiger partial charge in [0.1, 0.15) is 11.8 Å². The number of carbonyl (C=O) groups is 2. The van der Waals surface area contributed by atoms with Crippen molar-refractivity contribution in [3.8, 4) is 16.9 Å². The molecule has 0 unspecified atom stereocenters. The molecule has 0 radical (unpaired) electrons. The number of nitrogens with zero attached hydrogens (tertiary/aromatic N) is 2. The van der Waals surface area contributed by atoms with Crippen molar-refractivity contribution in [3.05, 3.63) is 66.2 Å². The third kappa shape index (κ3) is 4.50. The molecule has 1 aliphatic carbocycles. The van der Waals surface area contributed by atoms with E-state index in [1.54, 1.807) is 12.0 Å². The van der Waals surface area contributed by atoms with E-state index >= 15 is 0 Å². The lowest BCUT2D eigenvalue weighted by molar-refractivity contribution is -0.150. The van der Waals surface area contributed by atoms with E-state index in [-0.39, 0.29) is 11.8 Å². The minimum Gasteiger partial charge on any atom is -0.496 e. The van der Waals surface area contributed by atoms with E-state index in [0.717, 1.165) is 35.3 Å². The largest absolute Gasteiger partial charge is 0.496 e. The summed E-state index contributed by atoms with van der Waals surface area (Å²) in [6.45, 7) is 1.16. The number of hydrogen-bond donors (Lipinski definition) is 0. The van der Waals surface area contributed by atoms with Crippen molar-refractivity contribution in [1.82, 2.24) is 9.80 Å². The van der Waals surface area contributed by atoms with E-state index in [1.807, 2.05) is 54.4 Å². The average molecular weight is 419 g/mol. The Hall–Kier alpha value is -3.08. The summed E-state index contributed by atoms with van der Waals surface area (Å²) in [7, 11) is 3.49. The van der Waals surface area contributed by atoms with Gasteiger partial charge in [0.05, 0.1) is 7.11 Å². The van der Waals surface area contributed by atoms with Crippen molar-refractivity contribution in [2.75, 3.05) is 27.2 Å². The number of para-hydroxylation sites is 1. The summed E-state index contributed by atoms with van der Waals surface area (Å²) < 4.78 is 5.57. The molecule has 162 valence electrons. The highest BCUT2D eigenvalue weighted by Gasteiger charge is 2.36. The summed E-state index contributed by atoms with van der Waals surface area (Å²) in [6.07, 6.45) is 7.32. The second kappa shape index (κ2) is 9.38. The second-order valence-corrected chi connectivity index (χ2v) is 8.39. The molecule has 2 aromatic rings. The van der Waals surface area contributed by atoms with Gasteiger partial charge in [0.2, 0.25) is 11.8 Å². The summed E-state index contributed by atoms with van der Waals surface area (Å²) in [5, 5.41) is 0. The van der Waals surface area contributed by atoms with E-state index in [2.05, 4.69) is 18.2 Å². The highest BCUT2D eigenvalue weighted by molar-refractivity contribution is 5.89. The molecule has 31 heavy (non-hydrogen) atoms. The summed E-state index contributed by atoms with van der Waals surface area (Å²) in [5.41, 5.74) is 3.07.